The van der Waals surface area contributed by atoms with Crippen LogP contribution < -0.4 is 0 Å². The highest BCUT2D eigenvalue weighted by molar-refractivity contribution is 5.76. The zero-order valence-electron chi connectivity index (χ0n) is 16.0. The van der Waals surface area contributed by atoms with E-state index in [1.54, 1.807) is 19.0 Å². The van der Waals surface area contributed by atoms with Gasteiger partial charge in [-0.25, -0.2) is 0 Å². The van der Waals surface area contributed by atoms with E-state index in [0.717, 1.165) is 57.6 Å². The molecule has 1 amide bonds. The average Bonchev–Trinajstić information content (AvgIpc) is 3.03. The van der Waals surface area contributed by atoms with E-state index in [1.807, 2.05) is 18.3 Å². The maximum atomic E-state index is 11.6. The number of likely N-dealkylation sites (tertiary alicyclic amines) is 1. The third kappa shape index (κ3) is 4.81. The Labute approximate surface area is 156 Å². The van der Waals surface area contributed by atoms with Crippen molar-refractivity contribution in [2.24, 2.45) is 5.92 Å². The summed E-state index contributed by atoms with van der Waals surface area (Å²) in [5, 5.41) is 0. The Kier molecular flexibility index (Phi) is 6.62. The van der Waals surface area contributed by atoms with E-state index in [1.165, 1.54) is 0 Å². The molecule has 6 heteroatoms. The van der Waals surface area contributed by atoms with E-state index in [2.05, 4.69) is 16.0 Å². The molecule has 0 aromatic carbocycles. The number of likely N-dealkylation sites (N-methyl/N-ethyl adjacent to an activating group) is 1. The summed E-state index contributed by atoms with van der Waals surface area (Å²) in [6, 6.07) is 6.09. The molecule has 0 unspecified atom stereocenters. The summed E-state index contributed by atoms with van der Waals surface area (Å²) in [7, 11) is 3.51. The SMILES string of the molecule is CN(C)C(=O)COCC[C@@H]1CCOC12CCN(Cc1ccccn1)CC2. The van der Waals surface area contributed by atoms with Gasteiger partial charge in [0, 0.05) is 53.1 Å². The average molecular weight is 361 g/mol. The molecule has 1 aromatic rings. The van der Waals surface area contributed by atoms with Crippen molar-refractivity contribution in [2.45, 2.75) is 37.8 Å². The fraction of sp³-hybridized carbons (Fsp3) is 0.700. The summed E-state index contributed by atoms with van der Waals surface area (Å²) < 4.78 is 11.8. The zero-order valence-corrected chi connectivity index (χ0v) is 16.0. The Morgan fingerprint density at radius 2 is 2.19 bits per heavy atom. The number of aromatic nitrogens is 1. The Morgan fingerprint density at radius 1 is 1.38 bits per heavy atom. The van der Waals surface area contributed by atoms with Gasteiger partial charge in [-0.2, -0.15) is 0 Å². The summed E-state index contributed by atoms with van der Waals surface area (Å²) in [4.78, 5) is 20.1. The van der Waals surface area contributed by atoms with E-state index in [9.17, 15) is 4.79 Å². The van der Waals surface area contributed by atoms with E-state index in [4.69, 9.17) is 9.47 Å². The highest BCUT2D eigenvalue weighted by Gasteiger charge is 2.45. The first kappa shape index (κ1) is 19.3. The van der Waals surface area contributed by atoms with Gasteiger partial charge in [-0.1, -0.05) is 6.07 Å². The number of ether oxygens (including phenoxy) is 2. The number of pyridine rings is 1. The summed E-state index contributed by atoms with van der Waals surface area (Å²) in [5.41, 5.74) is 1.14. The predicted molar refractivity (Wildman–Crippen MR) is 99.7 cm³/mol. The molecule has 3 rings (SSSR count). The Bertz CT molecular complexity index is 571. The number of amides is 1. The molecule has 2 aliphatic heterocycles. The number of carbonyl (C=O) groups excluding carboxylic acids is 1. The monoisotopic (exact) mass is 361 g/mol. The fourth-order valence-corrected chi connectivity index (χ4v) is 4.07. The van der Waals surface area contributed by atoms with Crippen LogP contribution in [-0.4, -0.2) is 73.3 Å². The molecule has 2 fully saturated rings. The highest BCUT2D eigenvalue weighted by Crippen LogP contribution is 2.42. The van der Waals surface area contributed by atoms with E-state index in [0.29, 0.717) is 12.5 Å². The van der Waals surface area contributed by atoms with Crippen LogP contribution in [0.5, 0.6) is 0 Å². The fourth-order valence-electron chi connectivity index (χ4n) is 4.07. The number of nitrogens with zero attached hydrogens (tertiary/aromatic N) is 3. The van der Waals surface area contributed by atoms with Gasteiger partial charge in [0.05, 0.1) is 11.3 Å². The van der Waals surface area contributed by atoms with Gasteiger partial charge in [0.1, 0.15) is 6.61 Å². The Hall–Kier alpha value is -1.50. The molecular weight excluding hydrogens is 330 g/mol. The molecule has 1 spiro atoms. The van der Waals surface area contributed by atoms with Crippen molar-refractivity contribution in [1.29, 1.82) is 0 Å². The molecule has 0 aliphatic carbocycles. The minimum Gasteiger partial charge on any atom is -0.375 e. The minimum absolute atomic E-state index is 0.00946. The van der Waals surface area contributed by atoms with Gasteiger partial charge < -0.3 is 14.4 Å². The third-order valence-electron chi connectivity index (χ3n) is 5.75. The van der Waals surface area contributed by atoms with Crippen LogP contribution in [0, 0.1) is 5.92 Å². The molecule has 3 heterocycles. The van der Waals surface area contributed by atoms with Gasteiger partial charge >= 0.3 is 0 Å². The van der Waals surface area contributed by atoms with Crippen LogP contribution in [0.3, 0.4) is 0 Å². The topological polar surface area (TPSA) is 54.9 Å². The van der Waals surface area contributed by atoms with Crippen molar-refractivity contribution in [3.05, 3.63) is 30.1 Å². The summed E-state index contributed by atoms with van der Waals surface area (Å²) in [6.45, 7) is 4.66. The lowest BCUT2D eigenvalue weighted by molar-refractivity contribution is -0.133. The molecule has 26 heavy (non-hydrogen) atoms. The highest BCUT2D eigenvalue weighted by atomic mass is 16.5. The Morgan fingerprint density at radius 3 is 2.88 bits per heavy atom. The van der Waals surface area contributed by atoms with Gasteiger partial charge in [-0.3, -0.25) is 14.7 Å². The third-order valence-corrected chi connectivity index (χ3v) is 5.75. The van der Waals surface area contributed by atoms with Crippen LogP contribution in [0.1, 0.15) is 31.4 Å². The van der Waals surface area contributed by atoms with Crippen LogP contribution in [0.2, 0.25) is 0 Å². The van der Waals surface area contributed by atoms with Crippen LogP contribution in [0.25, 0.3) is 0 Å². The van der Waals surface area contributed by atoms with Gasteiger partial charge in [0.15, 0.2) is 0 Å². The predicted octanol–water partition coefficient (Wildman–Crippen LogP) is 1.95. The van der Waals surface area contributed by atoms with Crippen molar-refractivity contribution >= 4 is 5.91 Å². The Balaban J connectivity index is 1.43. The quantitative estimate of drug-likeness (QED) is 0.695. The first-order valence-corrected chi connectivity index (χ1v) is 9.63. The van der Waals surface area contributed by atoms with Gasteiger partial charge in [0.2, 0.25) is 5.91 Å². The van der Waals surface area contributed by atoms with Crippen LogP contribution >= 0.6 is 0 Å². The van der Waals surface area contributed by atoms with Crippen molar-refractivity contribution < 1.29 is 14.3 Å². The second-order valence-electron chi connectivity index (χ2n) is 7.63. The van der Waals surface area contributed by atoms with Crippen molar-refractivity contribution in [3.8, 4) is 0 Å². The summed E-state index contributed by atoms with van der Waals surface area (Å²) in [5.74, 6) is 0.555. The smallest absolute Gasteiger partial charge is 0.248 e. The molecule has 2 saturated heterocycles. The van der Waals surface area contributed by atoms with E-state index >= 15 is 0 Å². The second-order valence-corrected chi connectivity index (χ2v) is 7.63. The molecule has 144 valence electrons. The maximum Gasteiger partial charge on any atom is 0.248 e. The van der Waals surface area contributed by atoms with Crippen LogP contribution in [-0.2, 0) is 20.8 Å². The lowest BCUT2D eigenvalue weighted by Crippen LogP contribution is -2.47. The molecule has 1 atom stereocenters. The number of piperidine rings is 1. The van der Waals surface area contributed by atoms with Crippen molar-refractivity contribution in [2.75, 3.05) is 47.0 Å². The summed E-state index contributed by atoms with van der Waals surface area (Å²) in [6.07, 6.45) is 6.08. The molecule has 1 aromatic heterocycles. The molecule has 0 bridgehead atoms. The standard InChI is InChI=1S/C20H31N3O3/c1-22(2)19(24)16-25-13-6-17-7-14-26-20(17)8-11-23(12-9-20)15-18-5-3-4-10-21-18/h3-5,10,17H,6-9,11-16H2,1-2H3/t17-/m1/s1. The van der Waals surface area contributed by atoms with Gasteiger partial charge in [-0.15, -0.1) is 0 Å². The van der Waals surface area contributed by atoms with Crippen LogP contribution in [0.4, 0.5) is 0 Å². The van der Waals surface area contributed by atoms with Crippen molar-refractivity contribution in [1.82, 2.24) is 14.8 Å². The molecule has 0 saturated carbocycles. The number of hydrogen-bond acceptors (Lipinski definition) is 5. The summed E-state index contributed by atoms with van der Waals surface area (Å²) >= 11 is 0. The zero-order chi connectivity index (χ0) is 18.4. The largest absolute Gasteiger partial charge is 0.375 e. The van der Waals surface area contributed by atoms with Gasteiger partial charge in [0.25, 0.3) is 0 Å². The first-order chi connectivity index (χ1) is 12.6. The molecule has 0 N–H and O–H groups in total. The lowest BCUT2D eigenvalue weighted by atomic mass is 9.78. The number of rotatable bonds is 7. The maximum absolute atomic E-state index is 11.6. The minimum atomic E-state index is 0.00946. The van der Waals surface area contributed by atoms with Crippen molar-refractivity contribution in [3.63, 3.8) is 0 Å². The van der Waals surface area contributed by atoms with Gasteiger partial charge in [-0.05, 0) is 43.7 Å². The molecule has 6 nitrogen and oxygen atoms in total. The van der Waals surface area contributed by atoms with E-state index in [-0.39, 0.29) is 18.1 Å². The van der Waals surface area contributed by atoms with Crippen LogP contribution in [0.15, 0.2) is 24.4 Å². The molecular formula is C20H31N3O3. The number of hydrogen-bond donors (Lipinski definition) is 0. The first-order valence-electron chi connectivity index (χ1n) is 9.63. The molecule has 2 aliphatic rings. The molecule has 0 radical (unpaired) electrons. The van der Waals surface area contributed by atoms with E-state index < -0.39 is 0 Å². The lowest BCUT2D eigenvalue weighted by Gasteiger charge is -2.42. The number of carbonyl (C=O) groups is 1. The normalized spacial score (nSPS) is 22.6. The second kappa shape index (κ2) is 8.93.